The van der Waals surface area contributed by atoms with Crippen LogP contribution in [0.1, 0.15) is 10.5 Å². The average molecular weight is 173 g/mol. The molecule has 0 unspecified atom stereocenters. The fraction of sp³-hybridized carbons (Fsp3) is 0. The number of nitrogens with one attached hydrogen (secondary N) is 1. The maximum Gasteiger partial charge on any atom is 0.167 e. The quantitative estimate of drug-likeness (QED) is 0.696. The Morgan fingerprint density at radius 1 is 1.31 bits per heavy atom. The summed E-state index contributed by atoms with van der Waals surface area (Å²) in [6.07, 6.45) is 2.41. The molecule has 13 heavy (non-hydrogen) atoms. The number of pyridine rings is 1. The van der Waals surface area contributed by atoms with Gasteiger partial charge in [-0.15, -0.1) is 0 Å². The summed E-state index contributed by atoms with van der Waals surface area (Å²) in [6.45, 7) is 0. The fourth-order valence-electron chi connectivity index (χ4n) is 1.04. The van der Waals surface area contributed by atoms with Crippen molar-refractivity contribution in [2.24, 2.45) is 0 Å². The number of aromatic nitrogens is 3. The molecular weight excluding hydrogens is 166 g/mol. The molecular formula is C9H7N3O. The zero-order valence-electron chi connectivity index (χ0n) is 6.77. The minimum absolute atomic E-state index is 0.459. The van der Waals surface area contributed by atoms with Gasteiger partial charge in [-0.25, -0.2) is 0 Å². The van der Waals surface area contributed by atoms with Gasteiger partial charge < -0.3 is 0 Å². The van der Waals surface area contributed by atoms with Gasteiger partial charge in [0.05, 0.1) is 11.4 Å². The Bertz CT molecular complexity index is 408. The largest absolute Gasteiger partial charge is 0.296 e. The molecule has 4 heteroatoms. The second-order valence-electron chi connectivity index (χ2n) is 2.54. The van der Waals surface area contributed by atoms with E-state index < -0.39 is 0 Å². The monoisotopic (exact) mass is 173 g/mol. The molecule has 2 rings (SSSR count). The van der Waals surface area contributed by atoms with Crippen LogP contribution in [-0.4, -0.2) is 21.5 Å². The minimum Gasteiger partial charge on any atom is -0.296 e. The highest BCUT2D eigenvalue weighted by atomic mass is 16.1. The predicted molar refractivity (Wildman–Crippen MR) is 47.2 cm³/mol. The van der Waals surface area contributed by atoms with Crippen molar-refractivity contribution in [1.82, 2.24) is 15.2 Å². The topological polar surface area (TPSA) is 58.6 Å². The number of hydrogen-bond acceptors (Lipinski definition) is 3. The second-order valence-corrected chi connectivity index (χ2v) is 2.54. The van der Waals surface area contributed by atoms with E-state index in [0.717, 1.165) is 12.0 Å². The lowest BCUT2D eigenvalue weighted by molar-refractivity contribution is 0.111. The molecule has 0 amide bonds. The third-order valence-corrected chi connectivity index (χ3v) is 1.65. The molecule has 2 heterocycles. The number of H-pyrrole nitrogens is 1. The fourth-order valence-corrected chi connectivity index (χ4v) is 1.04. The van der Waals surface area contributed by atoms with Gasteiger partial charge >= 0.3 is 0 Å². The zero-order chi connectivity index (χ0) is 9.10. The minimum atomic E-state index is 0.459. The average Bonchev–Trinajstić information content (AvgIpc) is 2.67. The molecule has 0 aromatic carbocycles. The number of aldehydes is 1. The van der Waals surface area contributed by atoms with E-state index >= 15 is 0 Å². The van der Waals surface area contributed by atoms with Crippen LogP contribution in [0.3, 0.4) is 0 Å². The lowest BCUT2D eigenvalue weighted by Gasteiger charge is -1.90. The van der Waals surface area contributed by atoms with Crippen LogP contribution < -0.4 is 0 Å². The molecule has 0 aliphatic rings. The second kappa shape index (κ2) is 3.18. The Morgan fingerprint density at radius 3 is 2.85 bits per heavy atom. The third-order valence-electron chi connectivity index (χ3n) is 1.65. The summed E-state index contributed by atoms with van der Waals surface area (Å²) in [7, 11) is 0. The first kappa shape index (κ1) is 7.67. The van der Waals surface area contributed by atoms with Crippen LogP contribution in [0.2, 0.25) is 0 Å². The molecule has 0 aliphatic heterocycles. The van der Waals surface area contributed by atoms with Gasteiger partial charge in [0, 0.05) is 6.20 Å². The molecule has 2 aromatic rings. The first-order chi connectivity index (χ1) is 6.40. The molecule has 0 radical (unpaired) electrons. The van der Waals surface area contributed by atoms with Gasteiger partial charge in [0.1, 0.15) is 5.69 Å². The van der Waals surface area contributed by atoms with Crippen molar-refractivity contribution in [3.63, 3.8) is 0 Å². The van der Waals surface area contributed by atoms with E-state index in [9.17, 15) is 4.79 Å². The summed E-state index contributed by atoms with van der Waals surface area (Å²) in [5, 5.41) is 6.53. The van der Waals surface area contributed by atoms with E-state index in [0.29, 0.717) is 11.4 Å². The molecule has 0 fully saturated rings. The molecule has 64 valence electrons. The van der Waals surface area contributed by atoms with Gasteiger partial charge in [0.2, 0.25) is 0 Å². The molecule has 2 aromatic heterocycles. The lowest BCUT2D eigenvalue weighted by Crippen LogP contribution is -1.80. The summed E-state index contributed by atoms with van der Waals surface area (Å²) in [6, 6.07) is 7.20. The van der Waals surface area contributed by atoms with Crippen molar-refractivity contribution in [3.8, 4) is 11.4 Å². The van der Waals surface area contributed by atoms with E-state index in [-0.39, 0.29) is 0 Å². The van der Waals surface area contributed by atoms with E-state index in [1.54, 1.807) is 12.3 Å². The van der Waals surface area contributed by atoms with E-state index in [1.165, 1.54) is 0 Å². The number of aromatic amines is 1. The summed E-state index contributed by atoms with van der Waals surface area (Å²) >= 11 is 0. The Kier molecular flexibility index (Phi) is 1.88. The van der Waals surface area contributed by atoms with Gasteiger partial charge in [-0.2, -0.15) is 5.10 Å². The van der Waals surface area contributed by atoms with E-state index in [1.807, 2.05) is 18.2 Å². The van der Waals surface area contributed by atoms with Crippen LogP contribution in [0.25, 0.3) is 11.4 Å². The summed E-state index contributed by atoms with van der Waals surface area (Å²) in [4.78, 5) is 14.5. The molecule has 0 spiro atoms. The van der Waals surface area contributed by atoms with Gasteiger partial charge in [0.25, 0.3) is 0 Å². The first-order valence-electron chi connectivity index (χ1n) is 3.82. The van der Waals surface area contributed by atoms with Crippen molar-refractivity contribution in [2.45, 2.75) is 0 Å². The highest BCUT2D eigenvalue weighted by Gasteiger charge is 2.02. The van der Waals surface area contributed by atoms with Crippen LogP contribution in [0.15, 0.2) is 30.5 Å². The van der Waals surface area contributed by atoms with Gasteiger partial charge in [-0.05, 0) is 18.2 Å². The Balaban J connectivity index is 2.41. The van der Waals surface area contributed by atoms with Crippen molar-refractivity contribution >= 4 is 6.29 Å². The maximum atomic E-state index is 10.4. The number of nitrogens with zero attached hydrogens (tertiary/aromatic N) is 2. The molecule has 0 saturated carbocycles. The van der Waals surface area contributed by atoms with Crippen molar-refractivity contribution in [2.75, 3.05) is 0 Å². The van der Waals surface area contributed by atoms with Crippen LogP contribution in [0.5, 0.6) is 0 Å². The predicted octanol–water partition coefficient (Wildman–Crippen LogP) is 1.28. The van der Waals surface area contributed by atoms with Crippen molar-refractivity contribution < 1.29 is 4.79 Å². The van der Waals surface area contributed by atoms with Crippen molar-refractivity contribution in [1.29, 1.82) is 0 Å². The van der Waals surface area contributed by atoms with E-state index in [2.05, 4.69) is 15.2 Å². The number of carbonyl (C=O) groups excluding carboxylic acids is 1. The van der Waals surface area contributed by atoms with Gasteiger partial charge in [-0.3, -0.25) is 14.9 Å². The van der Waals surface area contributed by atoms with Crippen LogP contribution in [0, 0.1) is 0 Å². The SMILES string of the molecule is O=Cc1cc(-c2ccccn2)n[nH]1. The lowest BCUT2D eigenvalue weighted by atomic mass is 10.2. The smallest absolute Gasteiger partial charge is 0.167 e. The highest BCUT2D eigenvalue weighted by Crippen LogP contribution is 2.12. The molecule has 1 N–H and O–H groups in total. The number of hydrogen-bond donors (Lipinski definition) is 1. The number of rotatable bonds is 2. The van der Waals surface area contributed by atoms with Gasteiger partial charge in [-0.1, -0.05) is 6.07 Å². The van der Waals surface area contributed by atoms with Gasteiger partial charge in [0.15, 0.2) is 6.29 Å². The summed E-state index contributed by atoms with van der Waals surface area (Å²) in [5.41, 5.74) is 1.90. The molecule has 0 saturated heterocycles. The molecule has 0 atom stereocenters. The van der Waals surface area contributed by atoms with Crippen molar-refractivity contribution in [3.05, 3.63) is 36.2 Å². The standard InChI is InChI=1S/C9H7N3O/c13-6-7-5-9(12-11-7)8-3-1-2-4-10-8/h1-6H,(H,11,12). The molecule has 0 bridgehead atoms. The zero-order valence-corrected chi connectivity index (χ0v) is 6.77. The summed E-state index contributed by atoms with van der Waals surface area (Å²) in [5.74, 6) is 0. The number of carbonyl (C=O) groups is 1. The van der Waals surface area contributed by atoms with E-state index in [4.69, 9.17) is 0 Å². The van der Waals surface area contributed by atoms with Crippen LogP contribution in [0.4, 0.5) is 0 Å². The highest BCUT2D eigenvalue weighted by molar-refractivity contribution is 5.74. The Hall–Kier alpha value is -1.97. The maximum absolute atomic E-state index is 10.4. The first-order valence-corrected chi connectivity index (χ1v) is 3.82. The normalized spacial score (nSPS) is 9.85. The van der Waals surface area contributed by atoms with Crippen LogP contribution in [-0.2, 0) is 0 Å². The Labute approximate surface area is 74.6 Å². The molecule has 0 aliphatic carbocycles. The van der Waals surface area contributed by atoms with Crippen LogP contribution >= 0.6 is 0 Å². The molecule has 4 nitrogen and oxygen atoms in total. The third kappa shape index (κ3) is 1.46. The Morgan fingerprint density at radius 2 is 2.23 bits per heavy atom. The summed E-state index contributed by atoms with van der Waals surface area (Å²) < 4.78 is 0.